The summed E-state index contributed by atoms with van der Waals surface area (Å²) in [7, 11) is 0. The van der Waals surface area contributed by atoms with Crippen LogP contribution >= 0.6 is 0 Å². The van der Waals surface area contributed by atoms with Gasteiger partial charge in [-0.25, -0.2) is 0 Å². The summed E-state index contributed by atoms with van der Waals surface area (Å²) < 4.78 is 5.43. The predicted octanol–water partition coefficient (Wildman–Crippen LogP) is 6.71. The van der Waals surface area contributed by atoms with Crippen LogP contribution in [-0.4, -0.2) is 13.2 Å². The van der Waals surface area contributed by atoms with Crippen molar-refractivity contribution in [3.05, 3.63) is 6.92 Å². The van der Waals surface area contributed by atoms with Crippen LogP contribution in [0.3, 0.4) is 0 Å². The third-order valence-electron chi connectivity index (χ3n) is 3.93. The van der Waals surface area contributed by atoms with E-state index in [-0.39, 0.29) is 0 Å². The number of hydrogen-bond donors (Lipinski definition) is 0. The van der Waals surface area contributed by atoms with Crippen LogP contribution in [0, 0.1) is 6.92 Å². The topological polar surface area (TPSA) is 9.23 Å². The van der Waals surface area contributed by atoms with E-state index in [1.54, 1.807) is 0 Å². The molecule has 0 N–H and O–H groups in total. The van der Waals surface area contributed by atoms with E-state index in [0.29, 0.717) is 0 Å². The lowest BCUT2D eigenvalue weighted by molar-refractivity contribution is 0.134. The number of rotatable bonds is 17. The first kappa shape index (κ1) is 20.0. The molecule has 0 aliphatic carbocycles. The van der Waals surface area contributed by atoms with Crippen molar-refractivity contribution in [1.29, 1.82) is 0 Å². The summed E-state index contributed by atoms with van der Waals surface area (Å²) in [5.41, 5.74) is 0. The summed E-state index contributed by atoms with van der Waals surface area (Å²) in [5, 5.41) is 0. The minimum atomic E-state index is 0.832. The summed E-state index contributed by atoms with van der Waals surface area (Å²) in [6.07, 6.45) is 20.7. The van der Waals surface area contributed by atoms with Crippen LogP contribution in [0.5, 0.6) is 0 Å². The average molecular weight is 284 g/mol. The molecule has 1 heteroatoms. The highest BCUT2D eigenvalue weighted by atomic mass is 16.5. The molecule has 0 rings (SSSR count). The van der Waals surface area contributed by atoms with Crippen molar-refractivity contribution < 1.29 is 4.74 Å². The second-order valence-corrected chi connectivity index (χ2v) is 6.06. The molecule has 0 heterocycles. The Morgan fingerprint density at radius 2 is 0.950 bits per heavy atom. The summed E-state index contributed by atoms with van der Waals surface area (Å²) in [4.78, 5) is 0. The van der Waals surface area contributed by atoms with Gasteiger partial charge in [0.1, 0.15) is 0 Å². The maximum atomic E-state index is 5.43. The Hall–Kier alpha value is -0.0400. The highest BCUT2D eigenvalue weighted by Crippen LogP contribution is 2.12. The van der Waals surface area contributed by atoms with Crippen molar-refractivity contribution in [2.24, 2.45) is 0 Å². The lowest BCUT2D eigenvalue weighted by Gasteiger charge is -2.04. The molecule has 0 aromatic carbocycles. The summed E-state index contributed by atoms with van der Waals surface area (Å²) in [6.45, 7) is 7.83. The zero-order valence-corrected chi connectivity index (χ0v) is 14.1. The fourth-order valence-electron chi connectivity index (χ4n) is 2.60. The Bertz CT molecular complexity index is 138. The average Bonchev–Trinajstić information content (AvgIpc) is 2.47. The van der Waals surface area contributed by atoms with Crippen molar-refractivity contribution in [3.63, 3.8) is 0 Å². The molecule has 0 aromatic rings. The molecule has 121 valence electrons. The van der Waals surface area contributed by atoms with Gasteiger partial charge in [-0.05, 0) is 12.8 Å². The molecule has 0 aliphatic rings. The van der Waals surface area contributed by atoms with E-state index < -0.39 is 0 Å². The molecule has 0 saturated heterocycles. The standard InChI is InChI=1S/C19H39O/c1-3-5-6-7-8-9-10-11-12-13-14-15-16-17-19-20-18-4-2/h2-19H2,1H3. The van der Waals surface area contributed by atoms with E-state index in [4.69, 9.17) is 4.74 Å². The monoisotopic (exact) mass is 283 g/mol. The van der Waals surface area contributed by atoms with Crippen molar-refractivity contribution in [2.75, 3.05) is 13.2 Å². The van der Waals surface area contributed by atoms with Gasteiger partial charge < -0.3 is 4.74 Å². The predicted molar refractivity (Wildman–Crippen MR) is 91.1 cm³/mol. The normalized spacial score (nSPS) is 11.1. The van der Waals surface area contributed by atoms with E-state index in [9.17, 15) is 0 Å². The Balaban J connectivity index is 2.89. The third kappa shape index (κ3) is 18.0. The lowest BCUT2D eigenvalue weighted by atomic mass is 10.0. The Morgan fingerprint density at radius 3 is 1.35 bits per heavy atom. The smallest absolute Gasteiger partial charge is 0.0466 e. The summed E-state index contributed by atoms with van der Waals surface area (Å²) >= 11 is 0. The molecule has 0 unspecified atom stereocenters. The largest absolute Gasteiger partial charge is 0.381 e. The van der Waals surface area contributed by atoms with Crippen molar-refractivity contribution >= 4 is 0 Å². The third-order valence-corrected chi connectivity index (χ3v) is 3.93. The molecule has 0 saturated carbocycles. The Kier molecular flexibility index (Phi) is 18.9. The minimum absolute atomic E-state index is 0.832. The van der Waals surface area contributed by atoms with Crippen LogP contribution in [0.1, 0.15) is 103 Å². The van der Waals surface area contributed by atoms with Crippen LogP contribution in [0.2, 0.25) is 0 Å². The SMILES string of the molecule is [CH2]CCOCCCCCCCCCCCCCCCC. The van der Waals surface area contributed by atoms with Gasteiger partial charge in [-0.1, -0.05) is 97.3 Å². The van der Waals surface area contributed by atoms with E-state index >= 15 is 0 Å². The highest BCUT2D eigenvalue weighted by Gasteiger charge is 1.94. The molecule has 0 atom stereocenters. The molecule has 1 radical (unpaired) electrons. The number of unbranched alkanes of at least 4 members (excludes halogenated alkanes) is 13. The Morgan fingerprint density at radius 1 is 0.550 bits per heavy atom. The molecule has 0 spiro atoms. The summed E-state index contributed by atoms with van der Waals surface area (Å²) in [6, 6.07) is 0. The van der Waals surface area contributed by atoms with Crippen LogP contribution in [0.15, 0.2) is 0 Å². The lowest BCUT2D eigenvalue weighted by Crippen LogP contribution is -1.95. The maximum Gasteiger partial charge on any atom is 0.0466 e. The van der Waals surface area contributed by atoms with Crippen molar-refractivity contribution in [3.8, 4) is 0 Å². The van der Waals surface area contributed by atoms with Gasteiger partial charge in [-0.3, -0.25) is 0 Å². The fourth-order valence-corrected chi connectivity index (χ4v) is 2.60. The van der Waals surface area contributed by atoms with Gasteiger partial charge in [-0.2, -0.15) is 0 Å². The number of ether oxygens (including phenoxy) is 1. The molecule has 1 nitrogen and oxygen atoms in total. The first-order chi connectivity index (χ1) is 9.91. The van der Waals surface area contributed by atoms with Crippen LogP contribution < -0.4 is 0 Å². The molecule has 0 aliphatic heterocycles. The van der Waals surface area contributed by atoms with Gasteiger partial charge >= 0.3 is 0 Å². The van der Waals surface area contributed by atoms with Gasteiger partial charge in [0.2, 0.25) is 0 Å². The molecular weight excluding hydrogens is 244 g/mol. The van der Waals surface area contributed by atoms with Crippen molar-refractivity contribution in [2.45, 2.75) is 103 Å². The molecule has 0 fully saturated rings. The van der Waals surface area contributed by atoms with Gasteiger partial charge in [0.15, 0.2) is 0 Å². The second-order valence-electron chi connectivity index (χ2n) is 6.06. The minimum Gasteiger partial charge on any atom is -0.381 e. The first-order valence-electron chi connectivity index (χ1n) is 9.28. The van der Waals surface area contributed by atoms with Gasteiger partial charge in [0.25, 0.3) is 0 Å². The van der Waals surface area contributed by atoms with Gasteiger partial charge in [-0.15, -0.1) is 0 Å². The molecule has 0 aromatic heterocycles. The van der Waals surface area contributed by atoms with Gasteiger partial charge in [0, 0.05) is 13.2 Å². The van der Waals surface area contributed by atoms with E-state index in [0.717, 1.165) is 19.6 Å². The Labute approximate surface area is 128 Å². The van der Waals surface area contributed by atoms with Crippen LogP contribution in [0.25, 0.3) is 0 Å². The van der Waals surface area contributed by atoms with Crippen LogP contribution in [-0.2, 0) is 4.74 Å². The van der Waals surface area contributed by atoms with E-state index in [2.05, 4.69) is 13.8 Å². The maximum absolute atomic E-state index is 5.43. The molecule has 0 amide bonds. The zero-order valence-electron chi connectivity index (χ0n) is 14.1. The fraction of sp³-hybridized carbons (Fsp3) is 0.947. The molecule has 20 heavy (non-hydrogen) atoms. The van der Waals surface area contributed by atoms with E-state index in [1.165, 1.54) is 89.9 Å². The first-order valence-corrected chi connectivity index (χ1v) is 9.28. The molecular formula is C19H39O. The van der Waals surface area contributed by atoms with Crippen molar-refractivity contribution in [1.82, 2.24) is 0 Å². The molecule has 0 bridgehead atoms. The second kappa shape index (κ2) is 19.0. The highest BCUT2D eigenvalue weighted by molar-refractivity contribution is 4.49. The number of hydrogen-bond acceptors (Lipinski definition) is 1. The van der Waals surface area contributed by atoms with Gasteiger partial charge in [0.05, 0.1) is 0 Å². The zero-order chi connectivity index (χ0) is 14.7. The van der Waals surface area contributed by atoms with Crippen LogP contribution in [0.4, 0.5) is 0 Å². The summed E-state index contributed by atoms with van der Waals surface area (Å²) in [5.74, 6) is 0. The van der Waals surface area contributed by atoms with E-state index in [1.807, 2.05) is 0 Å². The quantitative estimate of drug-likeness (QED) is 0.270.